The zero-order valence-electron chi connectivity index (χ0n) is 11.1. The van der Waals surface area contributed by atoms with Crippen molar-refractivity contribution in [1.29, 1.82) is 0 Å². The van der Waals surface area contributed by atoms with E-state index < -0.39 is 6.04 Å². The van der Waals surface area contributed by atoms with Crippen LogP contribution >= 0.6 is 0 Å². The summed E-state index contributed by atoms with van der Waals surface area (Å²) in [5, 5.41) is 3.28. The molecule has 1 aliphatic carbocycles. The minimum absolute atomic E-state index is 0.187. The Hall–Kier alpha value is -1.75. The maximum Gasteiger partial charge on any atom is 0.251 e. The number of anilines is 1. The number of halogens is 1. The molecule has 2 aliphatic rings. The average molecular weight is 276 g/mol. The predicted molar refractivity (Wildman–Crippen MR) is 72.7 cm³/mol. The van der Waals surface area contributed by atoms with Crippen molar-refractivity contribution in [2.45, 2.75) is 44.2 Å². The Labute approximate surface area is 117 Å². The molecule has 1 heterocycles. The molecule has 0 radical (unpaired) electrons. The second-order valence-electron chi connectivity index (χ2n) is 5.45. The number of nitrogens with zero attached hydrogens (tertiary/aromatic N) is 1. The third-order valence-corrected chi connectivity index (χ3v) is 4.02. The van der Waals surface area contributed by atoms with Crippen LogP contribution in [0.15, 0.2) is 24.3 Å². The van der Waals surface area contributed by atoms with E-state index in [0.29, 0.717) is 11.7 Å². The quantitative estimate of drug-likeness (QED) is 0.859. The third-order valence-electron chi connectivity index (χ3n) is 4.02. The van der Waals surface area contributed by atoms with E-state index in [1.165, 1.54) is 37.1 Å². The number of imide groups is 1. The van der Waals surface area contributed by atoms with E-state index in [2.05, 4.69) is 5.32 Å². The molecule has 3 rings (SSSR count). The van der Waals surface area contributed by atoms with E-state index in [1.807, 2.05) is 0 Å². The van der Waals surface area contributed by atoms with Crippen molar-refractivity contribution in [3.63, 3.8) is 0 Å². The first-order valence-corrected chi connectivity index (χ1v) is 7.03. The van der Waals surface area contributed by atoms with Gasteiger partial charge in [0.05, 0.1) is 18.2 Å². The van der Waals surface area contributed by atoms with Crippen LogP contribution in [0.25, 0.3) is 0 Å². The molecule has 1 saturated carbocycles. The van der Waals surface area contributed by atoms with Crippen LogP contribution in [-0.4, -0.2) is 23.9 Å². The summed E-state index contributed by atoms with van der Waals surface area (Å²) in [6.07, 6.45) is 4.66. The maximum atomic E-state index is 12.9. The average Bonchev–Trinajstić information content (AvgIpc) is 3.02. The zero-order valence-corrected chi connectivity index (χ0v) is 11.1. The molecule has 2 fully saturated rings. The lowest BCUT2D eigenvalue weighted by Crippen LogP contribution is -2.42. The fraction of sp³-hybridized carbons (Fsp3) is 0.467. The molecule has 1 aromatic rings. The lowest BCUT2D eigenvalue weighted by atomic mass is 10.2. The molecule has 1 saturated heterocycles. The molecular formula is C15H17FN2O2. The molecule has 1 unspecified atom stereocenters. The smallest absolute Gasteiger partial charge is 0.251 e. The van der Waals surface area contributed by atoms with E-state index in [1.54, 1.807) is 0 Å². The van der Waals surface area contributed by atoms with E-state index in [4.69, 9.17) is 0 Å². The molecule has 1 aliphatic heterocycles. The van der Waals surface area contributed by atoms with Gasteiger partial charge in [-0.05, 0) is 37.1 Å². The Morgan fingerprint density at radius 1 is 1.10 bits per heavy atom. The summed E-state index contributed by atoms with van der Waals surface area (Å²) >= 11 is 0. The number of hydrogen-bond donors (Lipinski definition) is 1. The highest BCUT2D eigenvalue weighted by Crippen LogP contribution is 2.25. The highest BCUT2D eigenvalue weighted by atomic mass is 19.1. The summed E-state index contributed by atoms with van der Waals surface area (Å²) in [6.45, 7) is 0. The molecule has 0 bridgehead atoms. The minimum atomic E-state index is -0.435. The van der Waals surface area contributed by atoms with Crippen molar-refractivity contribution in [3.05, 3.63) is 30.1 Å². The van der Waals surface area contributed by atoms with Gasteiger partial charge < -0.3 is 5.32 Å². The van der Waals surface area contributed by atoms with Gasteiger partial charge in [0.25, 0.3) is 5.91 Å². The summed E-state index contributed by atoms with van der Waals surface area (Å²) in [5.74, 6) is -0.834. The van der Waals surface area contributed by atoms with Gasteiger partial charge in [0.1, 0.15) is 5.82 Å². The molecule has 20 heavy (non-hydrogen) atoms. The molecule has 5 heteroatoms. The highest BCUT2D eigenvalue weighted by Gasteiger charge is 2.40. The second kappa shape index (κ2) is 5.32. The Bertz CT molecular complexity index is 523. The number of amides is 2. The van der Waals surface area contributed by atoms with Crippen LogP contribution in [0.3, 0.4) is 0 Å². The third kappa shape index (κ3) is 2.45. The van der Waals surface area contributed by atoms with Gasteiger partial charge in [0.2, 0.25) is 5.91 Å². The number of nitrogens with one attached hydrogen (secondary N) is 1. The Morgan fingerprint density at radius 3 is 2.40 bits per heavy atom. The molecule has 2 amide bonds. The van der Waals surface area contributed by atoms with Gasteiger partial charge in [-0.1, -0.05) is 12.8 Å². The zero-order chi connectivity index (χ0) is 14.1. The molecule has 0 aromatic heterocycles. The molecule has 106 valence electrons. The summed E-state index contributed by atoms with van der Waals surface area (Å²) < 4.78 is 12.9. The largest absolute Gasteiger partial charge is 0.303 e. The van der Waals surface area contributed by atoms with Gasteiger partial charge in [0.15, 0.2) is 0 Å². The van der Waals surface area contributed by atoms with Crippen molar-refractivity contribution < 1.29 is 14.0 Å². The highest BCUT2D eigenvalue weighted by molar-refractivity contribution is 6.22. The van der Waals surface area contributed by atoms with Crippen molar-refractivity contribution in [2.75, 3.05) is 4.90 Å². The van der Waals surface area contributed by atoms with Crippen LogP contribution in [0.2, 0.25) is 0 Å². The second-order valence-corrected chi connectivity index (χ2v) is 5.45. The molecule has 0 spiro atoms. The number of rotatable bonds is 3. The molecular weight excluding hydrogens is 259 g/mol. The lowest BCUT2D eigenvalue weighted by molar-refractivity contribution is -0.121. The van der Waals surface area contributed by atoms with Gasteiger partial charge in [-0.25, -0.2) is 9.29 Å². The first-order valence-electron chi connectivity index (χ1n) is 7.03. The summed E-state index contributed by atoms with van der Waals surface area (Å²) in [5.41, 5.74) is 0.442. The Balaban J connectivity index is 1.74. The van der Waals surface area contributed by atoms with Crippen LogP contribution in [0, 0.1) is 5.82 Å². The van der Waals surface area contributed by atoms with Gasteiger partial charge >= 0.3 is 0 Å². The van der Waals surface area contributed by atoms with E-state index in [9.17, 15) is 14.0 Å². The van der Waals surface area contributed by atoms with Crippen LogP contribution < -0.4 is 10.2 Å². The summed E-state index contributed by atoms with van der Waals surface area (Å²) in [6, 6.07) is 5.34. The van der Waals surface area contributed by atoms with Crippen LogP contribution in [-0.2, 0) is 9.59 Å². The van der Waals surface area contributed by atoms with Gasteiger partial charge in [0, 0.05) is 6.04 Å². The maximum absolute atomic E-state index is 12.9. The van der Waals surface area contributed by atoms with Crippen LogP contribution in [0.5, 0.6) is 0 Å². The first-order chi connectivity index (χ1) is 9.65. The monoisotopic (exact) mass is 276 g/mol. The van der Waals surface area contributed by atoms with E-state index in [0.717, 1.165) is 17.7 Å². The SMILES string of the molecule is O=C1CC(NC2CCCC2)C(=O)N1c1ccc(F)cc1. The molecule has 4 nitrogen and oxygen atoms in total. The van der Waals surface area contributed by atoms with Gasteiger partial charge in [-0.3, -0.25) is 9.59 Å². The van der Waals surface area contributed by atoms with Crippen LogP contribution in [0.4, 0.5) is 10.1 Å². The standard InChI is InChI=1S/C15H17FN2O2/c16-10-5-7-12(8-6-10)18-14(19)9-13(15(18)20)17-11-3-1-2-4-11/h5-8,11,13,17H,1-4,9H2. The Kier molecular flexibility index (Phi) is 3.53. The lowest BCUT2D eigenvalue weighted by Gasteiger charge is -2.18. The minimum Gasteiger partial charge on any atom is -0.303 e. The first kappa shape index (κ1) is 13.2. The van der Waals surface area contributed by atoms with Crippen molar-refractivity contribution in [2.24, 2.45) is 0 Å². The number of carbonyl (C=O) groups is 2. The fourth-order valence-electron chi connectivity index (χ4n) is 3.00. The van der Waals surface area contributed by atoms with E-state index >= 15 is 0 Å². The molecule has 1 aromatic carbocycles. The molecule has 1 atom stereocenters. The van der Waals surface area contributed by atoms with Gasteiger partial charge in [-0.15, -0.1) is 0 Å². The number of carbonyl (C=O) groups excluding carboxylic acids is 2. The Morgan fingerprint density at radius 2 is 1.75 bits per heavy atom. The fourth-order valence-corrected chi connectivity index (χ4v) is 3.00. The molecule has 1 N–H and O–H groups in total. The van der Waals surface area contributed by atoms with Crippen LogP contribution in [0.1, 0.15) is 32.1 Å². The normalized spacial score (nSPS) is 23.9. The van der Waals surface area contributed by atoms with Crippen molar-refractivity contribution >= 4 is 17.5 Å². The topological polar surface area (TPSA) is 49.4 Å². The van der Waals surface area contributed by atoms with E-state index in [-0.39, 0.29) is 24.1 Å². The number of benzene rings is 1. The van der Waals surface area contributed by atoms with Crippen molar-refractivity contribution in [1.82, 2.24) is 5.32 Å². The summed E-state index contributed by atoms with van der Waals surface area (Å²) in [4.78, 5) is 25.5. The summed E-state index contributed by atoms with van der Waals surface area (Å²) in [7, 11) is 0. The predicted octanol–water partition coefficient (Wildman–Crippen LogP) is 1.99. The number of hydrogen-bond acceptors (Lipinski definition) is 3. The van der Waals surface area contributed by atoms with Crippen molar-refractivity contribution in [3.8, 4) is 0 Å². The van der Waals surface area contributed by atoms with Gasteiger partial charge in [-0.2, -0.15) is 0 Å².